The number of carbonyl (C=O) groups excluding carboxylic acids is 1. The molecule has 2 aromatic carbocycles. The van der Waals surface area contributed by atoms with E-state index in [0.717, 1.165) is 10.9 Å². The Labute approximate surface area is 166 Å². The van der Waals surface area contributed by atoms with Gasteiger partial charge in [-0.25, -0.2) is 9.07 Å². The molecule has 6 nitrogen and oxygen atoms in total. The molecule has 1 N–H and O–H groups in total. The molecule has 4 aromatic rings. The van der Waals surface area contributed by atoms with E-state index in [2.05, 4.69) is 10.4 Å². The van der Waals surface area contributed by atoms with Crippen LogP contribution in [-0.4, -0.2) is 20.3 Å². The predicted octanol–water partition coefficient (Wildman–Crippen LogP) is 3.29. The van der Waals surface area contributed by atoms with Crippen molar-refractivity contribution in [3.8, 4) is 0 Å². The van der Waals surface area contributed by atoms with E-state index in [1.165, 1.54) is 10.7 Å². The fourth-order valence-electron chi connectivity index (χ4n) is 3.74. The Morgan fingerprint density at radius 2 is 1.86 bits per heavy atom. The maximum atomic E-state index is 13.9. The third kappa shape index (κ3) is 3.18. The molecular weight excluding hydrogens is 371 g/mol. The Kier molecular flexibility index (Phi) is 4.88. The van der Waals surface area contributed by atoms with E-state index in [1.807, 2.05) is 31.2 Å². The molecule has 0 bridgehead atoms. The fraction of sp³-hybridized carbons (Fsp3) is 0.227. The molecule has 4 rings (SSSR count). The van der Waals surface area contributed by atoms with Gasteiger partial charge in [-0.1, -0.05) is 43.3 Å². The van der Waals surface area contributed by atoms with Crippen molar-refractivity contribution >= 4 is 27.7 Å². The minimum atomic E-state index is -0.612. The molecule has 1 atom stereocenters. The van der Waals surface area contributed by atoms with Gasteiger partial charge in [-0.05, 0) is 18.6 Å². The first kappa shape index (κ1) is 18.9. The van der Waals surface area contributed by atoms with Gasteiger partial charge < -0.3 is 9.88 Å². The SMILES string of the molecule is CC[C@H](C(=O)NCc1ccccc1F)n1c2ccccc2c2cnn(C)c(=O)c21. The van der Waals surface area contributed by atoms with Crippen molar-refractivity contribution in [1.82, 2.24) is 19.7 Å². The van der Waals surface area contributed by atoms with Crippen LogP contribution in [0.15, 0.2) is 59.5 Å². The van der Waals surface area contributed by atoms with Gasteiger partial charge in [-0.15, -0.1) is 0 Å². The first-order chi connectivity index (χ1) is 14.0. The highest BCUT2D eigenvalue weighted by molar-refractivity contribution is 6.08. The Hall–Kier alpha value is -3.48. The molecule has 2 aromatic heterocycles. The maximum absolute atomic E-state index is 13.9. The molecule has 0 aliphatic rings. The first-order valence-electron chi connectivity index (χ1n) is 9.49. The second kappa shape index (κ2) is 7.50. The summed E-state index contributed by atoms with van der Waals surface area (Å²) >= 11 is 0. The number of hydrogen-bond acceptors (Lipinski definition) is 3. The number of aryl methyl sites for hydroxylation is 1. The standard InChI is InChI=1S/C22H21FN4O2/c1-3-18(21(28)24-12-14-8-4-6-10-17(14)23)27-19-11-7-5-9-15(19)16-13-25-26(2)22(29)20(16)27/h4-11,13,18H,3,12H2,1-2H3,(H,24,28)/t18-/m1/s1. The van der Waals surface area contributed by atoms with Crippen LogP contribution >= 0.6 is 0 Å². The average molecular weight is 392 g/mol. The zero-order chi connectivity index (χ0) is 20.5. The Morgan fingerprint density at radius 1 is 1.14 bits per heavy atom. The van der Waals surface area contributed by atoms with Crippen LogP contribution in [-0.2, 0) is 18.4 Å². The van der Waals surface area contributed by atoms with Gasteiger partial charge in [-0.2, -0.15) is 5.10 Å². The molecule has 2 heterocycles. The topological polar surface area (TPSA) is 68.9 Å². The number of fused-ring (bicyclic) bond motifs is 3. The number of nitrogens with one attached hydrogen (secondary N) is 1. The van der Waals surface area contributed by atoms with Crippen LogP contribution in [0.25, 0.3) is 21.8 Å². The molecule has 0 unspecified atom stereocenters. The molecular formula is C22H21FN4O2. The molecule has 0 aliphatic heterocycles. The molecule has 0 fully saturated rings. The van der Waals surface area contributed by atoms with Crippen LogP contribution < -0.4 is 10.9 Å². The lowest BCUT2D eigenvalue weighted by Crippen LogP contribution is -2.33. The maximum Gasteiger partial charge on any atom is 0.291 e. The van der Waals surface area contributed by atoms with Crippen molar-refractivity contribution in [3.63, 3.8) is 0 Å². The molecule has 0 aliphatic carbocycles. The monoisotopic (exact) mass is 392 g/mol. The third-order valence-corrected chi connectivity index (χ3v) is 5.22. The van der Waals surface area contributed by atoms with Gasteiger partial charge in [0.2, 0.25) is 5.91 Å². The summed E-state index contributed by atoms with van der Waals surface area (Å²) < 4.78 is 17.0. The summed E-state index contributed by atoms with van der Waals surface area (Å²) in [5.41, 5.74) is 1.38. The van der Waals surface area contributed by atoms with Gasteiger partial charge in [-0.3, -0.25) is 9.59 Å². The summed E-state index contributed by atoms with van der Waals surface area (Å²) in [6.45, 7) is 1.97. The number of rotatable bonds is 5. The summed E-state index contributed by atoms with van der Waals surface area (Å²) in [6.07, 6.45) is 2.13. The van der Waals surface area contributed by atoms with Crippen molar-refractivity contribution in [3.05, 3.63) is 76.5 Å². The fourth-order valence-corrected chi connectivity index (χ4v) is 3.74. The van der Waals surface area contributed by atoms with Gasteiger partial charge >= 0.3 is 0 Å². The normalized spacial score (nSPS) is 12.4. The van der Waals surface area contributed by atoms with Gasteiger partial charge in [0.15, 0.2) is 0 Å². The predicted molar refractivity (Wildman–Crippen MR) is 110 cm³/mol. The number of benzene rings is 2. The van der Waals surface area contributed by atoms with Crippen molar-refractivity contribution in [1.29, 1.82) is 0 Å². The van der Waals surface area contributed by atoms with Gasteiger partial charge in [0, 0.05) is 29.9 Å². The second-order valence-corrected chi connectivity index (χ2v) is 6.96. The largest absolute Gasteiger partial charge is 0.350 e. The lowest BCUT2D eigenvalue weighted by molar-refractivity contribution is -0.124. The average Bonchev–Trinajstić information content (AvgIpc) is 3.06. The van der Waals surface area contributed by atoms with E-state index in [1.54, 1.807) is 36.0 Å². The molecule has 1 amide bonds. The van der Waals surface area contributed by atoms with Crippen molar-refractivity contribution in [2.24, 2.45) is 7.05 Å². The van der Waals surface area contributed by atoms with Crippen LogP contribution in [0.2, 0.25) is 0 Å². The van der Waals surface area contributed by atoms with E-state index in [0.29, 0.717) is 22.9 Å². The molecule has 0 saturated carbocycles. The summed E-state index contributed by atoms with van der Waals surface area (Å²) in [5.74, 6) is -0.630. The van der Waals surface area contributed by atoms with Crippen LogP contribution in [0.5, 0.6) is 0 Å². The van der Waals surface area contributed by atoms with Crippen LogP contribution in [0, 0.1) is 5.82 Å². The number of hydrogen-bond donors (Lipinski definition) is 1. The Balaban J connectivity index is 1.80. The van der Waals surface area contributed by atoms with Gasteiger partial charge in [0.1, 0.15) is 17.4 Å². The van der Waals surface area contributed by atoms with E-state index in [9.17, 15) is 14.0 Å². The van der Waals surface area contributed by atoms with Crippen molar-refractivity contribution in [2.45, 2.75) is 25.9 Å². The number of para-hydroxylation sites is 1. The third-order valence-electron chi connectivity index (χ3n) is 5.22. The first-order valence-corrected chi connectivity index (χ1v) is 9.49. The zero-order valence-electron chi connectivity index (χ0n) is 16.2. The van der Waals surface area contributed by atoms with E-state index >= 15 is 0 Å². The molecule has 29 heavy (non-hydrogen) atoms. The number of halogens is 1. The van der Waals surface area contributed by atoms with E-state index in [4.69, 9.17) is 0 Å². The van der Waals surface area contributed by atoms with E-state index in [-0.39, 0.29) is 23.8 Å². The Bertz CT molecular complexity index is 1280. The molecule has 0 saturated heterocycles. The van der Waals surface area contributed by atoms with Crippen molar-refractivity contribution < 1.29 is 9.18 Å². The lowest BCUT2D eigenvalue weighted by Gasteiger charge is -2.19. The second-order valence-electron chi connectivity index (χ2n) is 6.96. The number of amides is 1. The zero-order valence-corrected chi connectivity index (χ0v) is 16.2. The number of aromatic nitrogens is 3. The minimum Gasteiger partial charge on any atom is -0.350 e. The number of nitrogens with zero attached hydrogens (tertiary/aromatic N) is 3. The molecule has 7 heteroatoms. The summed E-state index contributed by atoms with van der Waals surface area (Å²) in [4.78, 5) is 25.9. The summed E-state index contributed by atoms with van der Waals surface area (Å²) in [6, 6.07) is 13.3. The minimum absolute atomic E-state index is 0.0820. The van der Waals surface area contributed by atoms with Gasteiger partial charge in [0.25, 0.3) is 5.56 Å². The molecule has 148 valence electrons. The van der Waals surface area contributed by atoms with Crippen LogP contribution in [0.3, 0.4) is 0 Å². The summed E-state index contributed by atoms with van der Waals surface area (Å²) in [5, 5.41) is 8.53. The molecule has 0 spiro atoms. The lowest BCUT2D eigenvalue weighted by atomic mass is 10.1. The Morgan fingerprint density at radius 3 is 2.62 bits per heavy atom. The highest BCUT2D eigenvalue weighted by Crippen LogP contribution is 2.30. The number of carbonyl (C=O) groups is 1. The summed E-state index contributed by atoms with van der Waals surface area (Å²) in [7, 11) is 1.59. The van der Waals surface area contributed by atoms with Gasteiger partial charge in [0.05, 0.1) is 11.7 Å². The van der Waals surface area contributed by atoms with Crippen molar-refractivity contribution in [2.75, 3.05) is 0 Å². The highest BCUT2D eigenvalue weighted by Gasteiger charge is 2.25. The van der Waals surface area contributed by atoms with E-state index < -0.39 is 6.04 Å². The van der Waals surface area contributed by atoms with Crippen LogP contribution in [0.4, 0.5) is 4.39 Å². The quantitative estimate of drug-likeness (QED) is 0.567. The van der Waals surface area contributed by atoms with Crippen LogP contribution in [0.1, 0.15) is 24.9 Å². The molecule has 0 radical (unpaired) electrons. The highest BCUT2D eigenvalue weighted by atomic mass is 19.1. The smallest absolute Gasteiger partial charge is 0.291 e.